The van der Waals surface area contributed by atoms with Crippen LogP contribution >= 0.6 is 0 Å². The zero-order valence-electron chi connectivity index (χ0n) is 7.84. The van der Waals surface area contributed by atoms with E-state index in [0.29, 0.717) is 0 Å². The lowest BCUT2D eigenvalue weighted by Crippen LogP contribution is -2.12. The lowest BCUT2D eigenvalue weighted by molar-refractivity contribution is -0.142. The average molecular weight is 219 g/mol. The number of rotatable bonds is 2. The van der Waals surface area contributed by atoms with Gasteiger partial charge in [0.15, 0.2) is 0 Å². The van der Waals surface area contributed by atoms with Crippen molar-refractivity contribution in [2.75, 3.05) is 7.11 Å². The number of alkyl halides is 3. The normalized spacial score (nSPS) is 11.2. The molecule has 0 aliphatic carbocycles. The maximum absolute atomic E-state index is 12.2. The Kier molecular flexibility index (Phi) is 3.28. The van der Waals surface area contributed by atoms with Crippen LogP contribution in [0.5, 0.6) is 0 Å². The number of carbonyl (C=O) groups excluding carboxylic acids is 1. The zero-order chi connectivity index (χ0) is 11.5. The molecule has 1 aromatic heterocycles. The molecule has 6 heteroatoms. The van der Waals surface area contributed by atoms with E-state index in [1.165, 1.54) is 12.1 Å². The maximum Gasteiger partial charge on any atom is 0.433 e. The highest BCUT2D eigenvalue weighted by atomic mass is 19.4. The predicted octanol–water partition coefficient (Wildman–Crippen LogP) is 1.82. The summed E-state index contributed by atoms with van der Waals surface area (Å²) in [6.07, 6.45) is -4.76. The van der Waals surface area contributed by atoms with E-state index >= 15 is 0 Å². The minimum Gasteiger partial charge on any atom is -0.469 e. The van der Waals surface area contributed by atoms with E-state index in [4.69, 9.17) is 0 Å². The number of nitrogens with zero attached hydrogens (tertiary/aromatic N) is 1. The molecule has 0 saturated carbocycles. The summed E-state index contributed by atoms with van der Waals surface area (Å²) in [4.78, 5) is 14.1. The second-order valence-electron chi connectivity index (χ2n) is 2.76. The predicted molar refractivity (Wildman–Crippen MR) is 45.0 cm³/mol. The van der Waals surface area contributed by atoms with Crippen molar-refractivity contribution < 1.29 is 22.7 Å². The van der Waals surface area contributed by atoms with Gasteiger partial charge in [-0.25, -0.2) is 4.98 Å². The number of halogens is 3. The first kappa shape index (κ1) is 11.5. The van der Waals surface area contributed by atoms with Gasteiger partial charge < -0.3 is 4.74 Å². The molecule has 82 valence electrons. The van der Waals surface area contributed by atoms with E-state index in [1.807, 2.05) is 0 Å². The fourth-order valence-electron chi connectivity index (χ4n) is 0.956. The Morgan fingerprint density at radius 1 is 1.47 bits per heavy atom. The van der Waals surface area contributed by atoms with Crippen LogP contribution in [-0.4, -0.2) is 18.1 Å². The van der Waals surface area contributed by atoms with Crippen LogP contribution in [-0.2, 0) is 22.1 Å². The van der Waals surface area contributed by atoms with Crippen LogP contribution in [0.25, 0.3) is 0 Å². The molecule has 0 aromatic carbocycles. The number of pyridine rings is 1. The van der Waals surface area contributed by atoms with Crippen LogP contribution in [0.2, 0.25) is 0 Å². The molecular weight excluding hydrogens is 211 g/mol. The van der Waals surface area contributed by atoms with Gasteiger partial charge in [0, 0.05) is 0 Å². The van der Waals surface area contributed by atoms with Gasteiger partial charge in [0.1, 0.15) is 5.69 Å². The minimum atomic E-state index is -4.49. The van der Waals surface area contributed by atoms with Crippen molar-refractivity contribution >= 4 is 5.97 Å². The summed E-state index contributed by atoms with van der Waals surface area (Å²) >= 11 is 0. The molecule has 0 amide bonds. The van der Waals surface area contributed by atoms with Crippen LogP contribution in [0.3, 0.4) is 0 Å². The van der Waals surface area contributed by atoms with Crippen molar-refractivity contribution in [2.45, 2.75) is 12.6 Å². The van der Waals surface area contributed by atoms with Gasteiger partial charge in [0.25, 0.3) is 0 Å². The summed E-state index contributed by atoms with van der Waals surface area (Å²) in [6.45, 7) is 0. The van der Waals surface area contributed by atoms with Gasteiger partial charge >= 0.3 is 12.1 Å². The summed E-state index contributed by atoms with van der Waals surface area (Å²) in [5, 5.41) is 0. The Morgan fingerprint density at radius 2 is 2.13 bits per heavy atom. The molecule has 1 rings (SSSR count). The molecule has 15 heavy (non-hydrogen) atoms. The van der Waals surface area contributed by atoms with E-state index in [9.17, 15) is 18.0 Å². The van der Waals surface area contributed by atoms with Crippen LogP contribution in [0.4, 0.5) is 13.2 Å². The Labute approximate surface area is 83.9 Å². The monoisotopic (exact) mass is 219 g/mol. The first-order valence-electron chi connectivity index (χ1n) is 4.03. The van der Waals surface area contributed by atoms with Crippen LogP contribution in [0.1, 0.15) is 11.4 Å². The Balaban J connectivity index is 2.88. The maximum atomic E-state index is 12.2. The Bertz CT molecular complexity index is 363. The highest BCUT2D eigenvalue weighted by Crippen LogP contribution is 2.27. The zero-order valence-corrected chi connectivity index (χ0v) is 7.84. The molecule has 0 fully saturated rings. The molecule has 0 spiro atoms. The molecule has 0 radical (unpaired) electrons. The summed E-state index contributed by atoms with van der Waals surface area (Å²) < 4.78 is 40.9. The van der Waals surface area contributed by atoms with Gasteiger partial charge in [-0.2, -0.15) is 13.2 Å². The number of aromatic nitrogens is 1. The van der Waals surface area contributed by atoms with Crippen molar-refractivity contribution in [3.05, 3.63) is 29.6 Å². The lowest BCUT2D eigenvalue weighted by atomic mass is 10.2. The van der Waals surface area contributed by atoms with Crippen molar-refractivity contribution in [3.8, 4) is 0 Å². The fourth-order valence-corrected chi connectivity index (χ4v) is 0.956. The summed E-state index contributed by atoms with van der Waals surface area (Å²) in [5.41, 5.74) is -0.972. The molecule has 0 N–H and O–H groups in total. The molecule has 0 saturated heterocycles. The van der Waals surface area contributed by atoms with E-state index in [-0.39, 0.29) is 12.1 Å². The third-order valence-corrected chi connectivity index (χ3v) is 1.65. The van der Waals surface area contributed by atoms with Gasteiger partial charge in [-0.15, -0.1) is 0 Å². The van der Waals surface area contributed by atoms with Crippen molar-refractivity contribution in [1.29, 1.82) is 0 Å². The fraction of sp³-hybridized carbons (Fsp3) is 0.333. The first-order chi connectivity index (χ1) is 6.93. The molecule has 3 nitrogen and oxygen atoms in total. The van der Waals surface area contributed by atoms with Crippen molar-refractivity contribution in [2.24, 2.45) is 0 Å². The van der Waals surface area contributed by atoms with Crippen LogP contribution < -0.4 is 0 Å². The van der Waals surface area contributed by atoms with E-state index in [2.05, 4.69) is 9.72 Å². The van der Waals surface area contributed by atoms with Gasteiger partial charge in [-0.05, 0) is 12.1 Å². The molecule has 1 heterocycles. The standard InChI is InChI=1S/C9H8F3NO2/c1-15-8(14)5-6-3-2-4-7(13-6)9(10,11)12/h2-4H,5H2,1H3. The SMILES string of the molecule is COC(=O)Cc1cccc(C(F)(F)F)n1. The quantitative estimate of drug-likeness (QED) is 0.712. The second kappa shape index (κ2) is 4.29. The molecular formula is C9H8F3NO2. The van der Waals surface area contributed by atoms with Gasteiger partial charge in [0.05, 0.1) is 19.2 Å². The van der Waals surface area contributed by atoms with E-state index in [0.717, 1.165) is 13.2 Å². The number of carbonyl (C=O) groups is 1. The number of esters is 1. The topological polar surface area (TPSA) is 39.2 Å². The largest absolute Gasteiger partial charge is 0.469 e. The number of hydrogen-bond donors (Lipinski definition) is 0. The molecule has 0 bridgehead atoms. The van der Waals surface area contributed by atoms with E-state index < -0.39 is 17.8 Å². The number of methoxy groups -OCH3 is 1. The molecule has 1 aromatic rings. The summed E-state index contributed by atoms with van der Waals surface area (Å²) in [5.74, 6) is -0.623. The van der Waals surface area contributed by atoms with E-state index in [1.54, 1.807) is 0 Å². The minimum absolute atomic E-state index is 0.0386. The molecule has 0 atom stereocenters. The number of hydrogen-bond acceptors (Lipinski definition) is 3. The summed E-state index contributed by atoms with van der Waals surface area (Å²) in [7, 11) is 1.16. The highest BCUT2D eigenvalue weighted by molar-refractivity contribution is 5.71. The second-order valence-corrected chi connectivity index (χ2v) is 2.76. The Morgan fingerprint density at radius 3 is 2.67 bits per heavy atom. The van der Waals surface area contributed by atoms with Crippen LogP contribution in [0, 0.1) is 0 Å². The Hall–Kier alpha value is -1.59. The van der Waals surface area contributed by atoms with Gasteiger partial charge in [-0.1, -0.05) is 6.07 Å². The molecule has 0 aliphatic rings. The highest BCUT2D eigenvalue weighted by Gasteiger charge is 2.32. The smallest absolute Gasteiger partial charge is 0.433 e. The van der Waals surface area contributed by atoms with Gasteiger partial charge in [-0.3, -0.25) is 4.79 Å². The molecule has 0 unspecified atom stereocenters. The van der Waals surface area contributed by atoms with Crippen LogP contribution in [0.15, 0.2) is 18.2 Å². The van der Waals surface area contributed by atoms with Crippen molar-refractivity contribution in [1.82, 2.24) is 4.98 Å². The van der Waals surface area contributed by atoms with Gasteiger partial charge in [0.2, 0.25) is 0 Å². The average Bonchev–Trinajstić information content (AvgIpc) is 2.17. The molecule has 0 aliphatic heterocycles. The third kappa shape index (κ3) is 3.23. The first-order valence-corrected chi connectivity index (χ1v) is 4.03. The third-order valence-electron chi connectivity index (χ3n) is 1.65. The lowest BCUT2D eigenvalue weighted by Gasteiger charge is -2.06. The summed E-state index contributed by atoms with van der Waals surface area (Å²) in [6, 6.07) is 3.39. The van der Waals surface area contributed by atoms with Crippen molar-refractivity contribution in [3.63, 3.8) is 0 Å². The number of ether oxygens (including phenoxy) is 1.